The van der Waals surface area contributed by atoms with Gasteiger partial charge in [-0.2, -0.15) is 10.3 Å². The van der Waals surface area contributed by atoms with Crippen molar-refractivity contribution in [2.24, 2.45) is 0 Å². The number of hydrogen-bond donors (Lipinski definition) is 1. The van der Waals surface area contributed by atoms with Crippen molar-refractivity contribution in [3.8, 4) is 22.6 Å². The number of nitrogens with one attached hydrogen (secondary N) is 1. The molecule has 4 aromatic rings. The van der Waals surface area contributed by atoms with Gasteiger partial charge in [0.1, 0.15) is 11.5 Å². The van der Waals surface area contributed by atoms with E-state index in [0.29, 0.717) is 30.2 Å². The van der Waals surface area contributed by atoms with Gasteiger partial charge in [-0.3, -0.25) is 4.98 Å². The van der Waals surface area contributed by atoms with E-state index in [2.05, 4.69) is 56.8 Å². The Hall–Kier alpha value is -3.50. The van der Waals surface area contributed by atoms with E-state index in [1.54, 1.807) is 20.4 Å². The zero-order valence-electron chi connectivity index (χ0n) is 20.0. The molecule has 0 unspecified atom stereocenters. The van der Waals surface area contributed by atoms with Gasteiger partial charge in [-0.25, -0.2) is 9.67 Å². The predicted octanol–water partition coefficient (Wildman–Crippen LogP) is 3.77. The minimum absolute atomic E-state index is 0.465. The van der Waals surface area contributed by atoms with Crippen LogP contribution in [-0.4, -0.2) is 54.6 Å². The second kappa shape index (κ2) is 10.6. The van der Waals surface area contributed by atoms with Gasteiger partial charge in [0, 0.05) is 45.4 Å². The number of tetrazole rings is 1. The molecule has 3 aromatic heterocycles. The van der Waals surface area contributed by atoms with E-state index in [0.717, 1.165) is 41.9 Å². The molecule has 178 valence electrons. The third kappa shape index (κ3) is 4.73. The van der Waals surface area contributed by atoms with Crippen molar-refractivity contribution in [3.63, 3.8) is 0 Å². The number of hydrogen-bond acceptors (Lipinski definition) is 8. The van der Waals surface area contributed by atoms with E-state index < -0.39 is 5.79 Å². The van der Waals surface area contributed by atoms with Gasteiger partial charge in [-0.1, -0.05) is 50.6 Å². The van der Waals surface area contributed by atoms with Gasteiger partial charge < -0.3 is 9.47 Å². The minimum atomic E-state index is -0.943. The number of aromatic nitrogens is 8. The first-order valence-corrected chi connectivity index (χ1v) is 11.5. The van der Waals surface area contributed by atoms with Crippen LogP contribution in [0.3, 0.4) is 0 Å². The largest absolute Gasteiger partial charge is 0.347 e. The van der Waals surface area contributed by atoms with Crippen LogP contribution in [0.25, 0.3) is 22.6 Å². The van der Waals surface area contributed by atoms with Crippen LogP contribution in [-0.2, 0) is 28.2 Å². The van der Waals surface area contributed by atoms with Crippen molar-refractivity contribution in [2.75, 3.05) is 14.2 Å². The Kier molecular flexibility index (Phi) is 7.39. The van der Waals surface area contributed by atoms with E-state index in [1.807, 2.05) is 23.7 Å². The van der Waals surface area contributed by atoms with Crippen molar-refractivity contribution in [2.45, 2.75) is 51.9 Å². The quantitative estimate of drug-likeness (QED) is 0.335. The van der Waals surface area contributed by atoms with Crippen molar-refractivity contribution < 1.29 is 9.47 Å². The SMILES string of the molecule is CCCCn1nc(C(CC)(OC)OC)nc1Cc1ccc(-c2cccnc2-c2nn[nH]n2)cc1. The summed E-state index contributed by atoms with van der Waals surface area (Å²) in [4.78, 5) is 9.28. The number of pyridine rings is 1. The third-order valence-corrected chi connectivity index (χ3v) is 5.93. The summed E-state index contributed by atoms with van der Waals surface area (Å²) in [6, 6.07) is 12.2. The van der Waals surface area contributed by atoms with Gasteiger partial charge >= 0.3 is 0 Å². The molecule has 0 amide bonds. The van der Waals surface area contributed by atoms with Crippen LogP contribution >= 0.6 is 0 Å². The first-order chi connectivity index (χ1) is 16.6. The number of H-pyrrole nitrogens is 1. The molecule has 0 aliphatic heterocycles. The van der Waals surface area contributed by atoms with Gasteiger partial charge in [0.15, 0.2) is 0 Å². The maximum atomic E-state index is 5.67. The van der Waals surface area contributed by atoms with Crippen LogP contribution in [0, 0.1) is 0 Å². The van der Waals surface area contributed by atoms with E-state index in [-0.39, 0.29) is 0 Å². The molecule has 0 radical (unpaired) electrons. The number of aryl methyl sites for hydroxylation is 1. The molecule has 0 bridgehead atoms. The average molecular weight is 463 g/mol. The molecule has 0 spiro atoms. The number of aromatic amines is 1. The molecule has 0 saturated carbocycles. The Morgan fingerprint density at radius 1 is 1.06 bits per heavy atom. The number of rotatable bonds is 11. The van der Waals surface area contributed by atoms with Crippen LogP contribution in [0.15, 0.2) is 42.6 Å². The van der Waals surface area contributed by atoms with Crippen molar-refractivity contribution in [1.82, 2.24) is 40.4 Å². The van der Waals surface area contributed by atoms with Gasteiger partial charge in [0.05, 0.1) is 0 Å². The van der Waals surface area contributed by atoms with E-state index in [4.69, 9.17) is 19.6 Å². The molecule has 4 rings (SSSR count). The lowest BCUT2D eigenvalue weighted by atomic mass is 10.0. The van der Waals surface area contributed by atoms with Crippen molar-refractivity contribution >= 4 is 0 Å². The molecular formula is C24H30N8O2. The zero-order valence-corrected chi connectivity index (χ0v) is 20.0. The molecule has 10 heteroatoms. The molecule has 1 N–H and O–H groups in total. The smallest absolute Gasteiger partial charge is 0.231 e. The summed E-state index contributed by atoms with van der Waals surface area (Å²) in [5, 5.41) is 19.0. The van der Waals surface area contributed by atoms with E-state index in [9.17, 15) is 0 Å². The normalized spacial score (nSPS) is 11.8. The number of ether oxygens (including phenoxy) is 2. The van der Waals surface area contributed by atoms with Gasteiger partial charge in [-0.15, -0.1) is 10.2 Å². The summed E-state index contributed by atoms with van der Waals surface area (Å²) in [6.45, 7) is 4.96. The lowest BCUT2D eigenvalue weighted by Gasteiger charge is -2.26. The zero-order chi connectivity index (χ0) is 24.0. The first-order valence-electron chi connectivity index (χ1n) is 11.5. The topological polar surface area (TPSA) is 117 Å². The lowest BCUT2D eigenvalue weighted by Crippen LogP contribution is -2.31. The Morgan fingerprint density at radius 3 is 2.50 bits per heavy atom. The third-order valence-electron chi connectivity index (χ3n) is 5.93. The fourth-order valence-electron chi connectivity index (χ4n) is 3.93. The molecular weight excluding hydrogens is 432 g/mol. The average Bonchev–Trinajstić information content (AvgIpc) is 3.56. The van der Waals surface area contributed by atoms with Crippen LogP contribution in [0.5, 0.6) is 0 Å². The predicted molar refractivity (Wildman–Crippen MR) is 127 cm³/mol. The number of methoxy groups -OCH3 is 2. The summed E-state index contributed by atoms with van der Waals surface area (Å²) in [5.41, 5.74) is 3.77. The van der Waals surface area contributed by atoms with E-state index >= 15 is 0 Å². The number of nitrogens with zero attached hydrogens (tertiary/aromatic N) is 7. The molecule has 0 fully saturated rings. The number of benzene rings is 1. The van der Waals surface area contributed by atoms with Crippen LogP contribution < -0.4 is 0 Å². The molecule has 34 heavy (non-hydrogen) atoms. The summed E-state index contributed by atoms with van der Waals surface area (Å²) >= 11 is 0. The van der Waals surface area contributed by atoms with Crippen LogP contribution in [0.2, 0.25) is 0 Å². The summed E-state index contributed by atoms with van der Waals surface area (Å²) < 4.78 is 13.3. The standard InChI is InChI=1S/C24H30N8O2/c1-5-7-15-32-20(26-23(29-32)24(6-2,33-3)34-4)16-17-10-12-18(13-11-17)19-9-8-14-25-21(19)22-27-30-31-28-22/h8-14H,5-7,15-16H2,1-4H3,(H,27,28,30,31). The molecule has 3 heterocycles. The Balaban J connectivity index is 1.62. The molecule has 0 saturated heterocycles. The van der Waals surface area contributed by atoms with Crippen molar-refractivity contribution in [1.29, 1.82) is 0 Å². The highest BCUT2D eigenvalue weighted by atomic mass is 16.7. The van der Waals surface area contributed by atoms with Gasteiger partial charge in [0.25, 0.3) is 0 Å². The van der Waals surface area contributed by atoms with Crippen LogP contribution in [0.1, 0.15) is 50.3 Å². The van der Waals surface area contributed by atoms with Gasteiger partial charge in [0.2, 0.25) is 17.4 Å². The fourth-order valence-corrected chi connectivity index (χ4v) is 3.93. The molecule has 0 aliphatic carbocycles. The fraction of sp³-hybridized carbons (Fsp3) is 0.417. The first kappa shape index (κ1) is 23.7. The number of unbranched alkanes of at least 4 members (excludes halogenated alkanes) is 1. The highest BCUT2D eigenvalue weighted by molar-refractivity contribution is 5.77. The Morgan fingerprint density at radius 2 is 1.85 bits per heavy atom. The molecule has 0 aliphatic rings. The molecule has 1 aromatic carbocycles. The molecule has 10 nitrogen and oxygen atoms in total. The van der Waals surface area contributed by atoms with Crippen molar-refractivity contribution in [3.05, 3.63) is 59.8 Å². The highest BCUT2D eigenvalue weighted by Crippen LogP contribution is 2.29. The maximum absolute atomic E-state index is 5.67. The van der Waals surface area contributed by atoms with Crippen LogP contribution in [0.4, 0.5) is 0 Å². The Bertz CT molecular complexity index is 1180. The second-order valence-electron chi connectivity index (χ2n) is 7.95. The summed E-state index contributed by atoms with van der Waals surface area (Å²) in [5.74, 6) is 0.967. The molecule has 0 atom stereocenters. The Labute approximate surface area is 198 Å². The van der Waals surface area contributed by atoms with Gasteiger partial charge in [-0.05, 0) is 28.8 Å². The summed E-state index contributed by atoms with van der Waals surface area (Å²) in [6.07, 6.45) is 5.08. The lowest BCUT2D eigenvalue weighted by molar-refractivity contribution is -0.222. The highest BCUT2D eigenvalue weighted by Gasteiger charge is 2.35. The minimum Gasteiger partial charge on any atom is -0.347 e. The maximum Gasteiger partial charge on any atom is 0.231 e. The second-order valence-corrected chi connectivity index (χ2v) is 7.95. The monoisotopic (exact) mass is 462 g/mol. The summed E-state index contributed by atoms with van der Waals surface area (Å²) in [7, 11) is 3.25. The van der Waals surface area contributed by atoms with E-state index in [1.165, 1.54) is 0 Å².